The molecule has 2 atom stereocenters. The molecule has 0 amide bonds. The summed E-state index contributed by atoms with van der Waals surface area (Å²) in [6.45, 7) is 0. The van der Waals surface area contributed by atoms with Gasteiger partial charge in [-0.3, -0.25) is 4.79 Å². The van der Waals surface area contributed by atoms with Gasteiger partial charge in [-0.2, -0.15) is 0 Å². The Balaban J connectivity index is 2.49. The maximum Gasteiger partial charge on any atom is 0.198 e. The van der Waals surface area contributed by atoms with E-state index in [2.05, 4.69) is 0 Å². The van der Waals surface area contributed by atoms with Crippen LogP contribution in [0.25, 0.3) is 10.9 Å². The molecule has 0 N–H and O–H groups in total. The molecule has 0 unspecified atom stereocenters. The number of carboxylic acids is 1. The van der Waals surface area contributed by atoms with Crippen molar-refractivity contribution in [2.45, 2.75) is 18.6 Å². The maximum atomic E-state index is 13.6. The number of rotatable bonds is 2. The highest BCUT2D eigenvalue weighted by atomic mass is 35.5. The number of nitrogens with zero attached hydrogens (tertiary/aromatic N) is 1. The molecule has 2 aromatic rings. The zero-order valence-corrected chi connectivity index (χ0v) is 11.0. The largest absolute Gasteiger partial charge is 0.545 e. The van der Waals surface area contributed by atoms with Crippen molar-refractivity contribution in [2.24, 2.45) is 0 Å². The number of fused-ring (bicyclic) bond motifs is 1. The molecule has 0 radical (unpaired) electrons. The highest BCUT2D eigenvalue weighted by Crippen LogP contribution is 2.42. The first kappa shape index (κ1) is 13.9. The number of carboxylic acid groups (broad SMARTS) is 1. The molecule has 1 fully saturated rings. The summed E-state index contributed by atoms with van der Waals surface area (Å²) in [4.78, 5) is 22.9. The Labute approximate surface area is 120 Å². The highest BCUT2D eigenvalue weighted by molar-refractivity contribution is 6.35. The molecule has 0 spiro atoms. The quantitative estimate of drug-likeness (QED) is 0.790. The third-order valence-corrected chi connectivity index (χ3v) is 3.76. The molecule has 1 aromatic heterocycles. The topological polar surface area (TPSA) is 62.1 Å². The van der Waals surface area contributed by atoms with Crippen LogP contribution in [0, 0.1) is 11.6 Å². The highest BCUT2D eigenvalue weighted by Gasteiger charge is 2.40. The normalized spacial score (nSPS) is 20.8. The van der Waals surface area contributed by atoms with Crippen LogP contribution in [0.4, 0.5) is 13.2 Å². The molecule has 1 aliphatic carbocycles. The van der Waals surface area contributed by atoms with Gasteiger partial charge in [0.15, 0.2) is 17.1 Å². The van der Waals surface area contributed by atoms with Crippen molar-refractivity contribution in [1.82, 2.24) is 4.57 Å². The van der Waals surface area contributed by atoms with E-state index in [4.69, 9.17) is 11.6 Å². The fourth-order valence-corrected chi connectivity index (χ4v) is 2.55. The van der Waals surface area contributed by atoms with Gasteiger partial charge < -0.3 is 14.5 Å². The van der Waals surface area contributed by atoms with Crippen LogP contribution < -0.4 is 10.5 Å². The standard InChI is InChI=1S/C13H7ClF3NO3/c14-9-10(17)7(16)1-4-11(9)18(8-2-6(8)15)3-5(12(4)19)13(20)21/h1,3,6,8H,2H2,(H,20,21)/p-1/t6-,8+/m0/s1. The van der Waals surface area contributed by atoms with Gasteiger partial charge >= 0.3 is 0 Å². The second-order valence-corrected chi connectivity index (χ2v) is 5.15. The number of carbonyl (C=O) groups is 1. The molecular formula is C13H6ClF3NO3-. The summed E-state index contributed by atoms with van der Waals surface area (Å²) in [6.07, 6.45) is -0.345. The van der Waals surface area contributed by atoms with Crippen LogP contribution in [0.2, 0.25) is 5.02 Å². The zero-order valence-electron chi connectivity index (χ0n) is 10.2. The lowest BCUT2D eigenvalue weighted by molar-refractivity contribution is -0.255. The number of halogens is 4. The third kappa shape index (κ3) is 1.99. The van der Waals surface area contributed by atoms with E-state index in [0.717, 1.165) is 10.8 Å². The van der Waals surface area contributed by atoms with Crippen LogP contribution in [0.15, 0.2) is 17.1 Å². The van der Waals surface area contributed by atoms with E-state index in [0.29, 0.717) is 6.07 Å². The Morgan fingerprint density at radius 3 is 2.57 bits per heavy atom. The Morgan fingerprint density at radius 2 is 2.05 bits per heavy atom. The lowest BCUT2D eigenvalue weighted by atomic mass is 10.1. The summed E-state index contributed by atoms with van der Waals surface area (Å²) in [5, 5.41) is 9.84. The van der Waals surface area contributed by atoms with Crippen molar-refractivity contribution in [2.75, 3.05) is 0 Å². The minimum Gasteiger partial charge on any atom is -0.545 e. The smallest absolute Gasteiger partial charge is 0.198 e. The van der Waals surface area contributed by atoms with Crippen LogP contribution in [-0.2, 0) is 0 Å². The van der Waals surface area contributed by atoms with Crippen molar-refractivity contribution >= 4 is 28.5 Å². The molecule has 0 saturated heterocycles. The second-order valence-electron chi connectivity index (χ2n) is 4.77. The summed E-state index contributed by atoms with van der Waals surface area (Å²) in [5.74, 6) is -4.55. The van der Waals surface area contributed by atoms with E-state index >= 15 is 0 Å². The maximum absolute atomic E-state index is 13.6. The molecule has 3 rings (SSSR count). The van der Waals surface area contributed by atoms with E-state index in [1.54, 1.807) is 0 Å². The predicted octanol–water partition coefficient (Wildman–Crippen LogP) is 1.58. The Bertz CT molecular complexity index is 849. The van der Waals surface area contributed by atoms with Crippen LogP contribution in [0.1, 0.15) is 22.8 Å². The van der Waals surface area contributed by atoms with E-state index in [-0.39, 0.29) is 11.9 Å². The summed E-state index contributed by atoms with van der Waals surface area (Å²) in [6, 6.07) is -0.217. The van der Waals surface area contributed by atoms with Crippen molar-refractivity contribution in [1.29, 1.82) is 0 Å². The molecule has 110 valence electrons. The van der Waals surface area contributed by atoms with Gasteiger partial charge in [-0.15, -0.1) is 0 Å². The first-order valence-corrected chi connectivity index (χ1v) is 6.28. The molecule has 1 heterocycles. The number of pyridine rings is 1. The Kier molecular flexibility index (Phi) is 2.98. The summed E-state index contributed by atoms with van der Waals surface area (Å²) in [7, 11) is 0. The average molecular weight is 317 g/mol. The van der Waals surface area contributed by atoms with Gasteiger partial charge in [0.05, 0.1) is 28.5 Å². The zero-order chi connectivity index (χ0) is 15.5. The monoisotopic (exact) mass is 316 g/mol. The van der Waals surface area contributed by atoms with Gasteiger partial charge in [-0.1, -0.05) is 11.6 Å². The number of benzene rings is 1. The first-order chi connectivity index (χ1) is 9.82. The summed E-state index contributed by atoms with van der Waals surface area (Å²) in [5.41, 5.74) is -2.04. The van der Waals surface area contributed by atoms with E-state index in [1.807, 2.05) is 0 Å². The van der Waals surface area contributed by atoms with Gasteiger partial charge in [-0.05, 0) is 6.07 Å². The number of hydrogen-bond acceptors (Lipinski definition) is 3. The van der Waals surface area contributed by atoms with Crippen LogP contribution in [0.5, 0.6) is 0 Å². The van der Waals surface area contributed by atoms with Gasteiger partial charge in [0, 0.05) is 12.6 Å². The van der Waals surface area contributed by atoms with Crippen molar-refractivity contribution in [3.05, 3.63) is 44.7 Å². The summed E-state index contributed by atoms with van der Waals surface area (Å²) >= 11 is 5.70. The lowest BCUT2D eigenvalue weighted by Crippen LogP contribution is -2.30. The summed E-state index contributed by atoms with van der Waals surface area (Å²) < 4.78 is 41.3. The predicted molar refractivity (Wildman–Crippen MR) is 66.0 cm³/mol. The molecular weight excluding hydrogens is 311 g/mol. The number of carbonyl (C=O) groups excluding carboxylic acids is 1. The van der Waals surface area contributed by atoms with Gasteiger partial charge in [-0.25, -0.2) is 13.2 Å². The Morgan fingerprint density at radius 1 is 1.43 bits per heavy atom. The minimum absolute atomic E-state index is 0.0692. The van der Waals surface area contributed by atoms with Crippen LogP contribution in [-0.4, -0.2) is 16.7 Å². The molecule has 8 heteroatoms. The molecule has 0 bridgehead atoms. The average Bonchev–Trinajstić information content (AvgIpc) is 3.14. The SMILES string of the molecule is O=C([O-])c1cn([C@@H]2C[C@@H]2F)c2c(Cl)c(F)c(F)cc2c1=O. The van der Waals surface area contributed by atoms with Crippen LogP contribution >= 0.6 is 11.6 Å². The minimum atomic E-state index is -1.78. The lowest BCUT2D eigenvalue weighted by Gasteiger charge is -2.15. The molecule has 1 aromatic carbocycles. The number of alkyl halides is 1. The molecule has 1 aliphatic rings. The molecule has 21 heavy (non-hydrogen) atoms. The van der Waals surface area contributed by atoms with Gasteiger partial charge in [0.2, 0.25) is 0 Å². The number of hydrogen-bond donors (Lipinski definition) is 0. The van der Waals surface area contributed by atoms with Gasteiger partial charge in [0.25, 0.3) is 0 Å². The van der Waals surface area contributed by atoms with E-state index < -0.39 is 51.2 Å². The van der Waals surface area contributed by atoms with E-state index in [9.17, 15) is 27.9 Å². The fourth-order valence-electron chi connectivity index (χ4n) is 2.27. The van der Waals surface area contributed by atoms with Crippen molar-refractivity contribution in [3.63, 3.8) is 0 Å². The Hall–Kier alpha value is -2.02. The first-order valence-electron chi connectivity index (χ1n) is 5.90. The van der Waals surface area contributed by atoms with E-state index in [1.165, 1.54) is 0 Å². The van der Waals surface area contributed by atoms with Crippen LogP contribution in [0.3, 0.4) is 0 Å². The number of aromatic nitrogens is 1. The molecule has 1 saturated carbocycles. The fraction of sp³-hybridized carbons (Fsp3) is 0.231. The second kappa shape index (κ2) is 4.49. The van der Waals surface area contributed by atoms with Crippen molar-refractivity contribution < 1.29 is 23.1 Å². The number of aromatic carboxylic acids is 1. The van der Waals surface area contributed by atoms with Gasteiger partial charge in [0.1, 0.15) is 11.2 Å². The third-order valence-electron chi connectivity index (χ3n) is 3.41. The molecule has 0 aliphatic heterocycles. The van der Waals surface area contributed by atoms with Crippen molar-refractivity contribution in [3.8, 4) is 0 Å². The molecule has 4 nitrogen and oxygen atoms in total.